The molecule has 0 aliphatic carbocycles. The molecule has 0 heterocycles. The Kier molecular flexibility index (Phi) is 60.2. The molecule has 0 N–H and O–H groups in total. The van der Waals surface area contributed by atoms with Gasteiger partial charge in [-0.1, -0.05) is 268 Å². The summed E-state index contributed by atoms with van der Waals surface area (Å²) >= 11 is 0. The largest absolute Gasteiger partial charge is 0.462 e. The van der Waals surface area contributed by atoms with Crippen LogP contribution in [0.4, 0.5) is 0 Å². The number of unbranched alkanes of at least 4 members (excludes halogenated alkanes) is 38. The Hall–Kier alpha value is -2.89. The van der Waals surface area contributed by atoms with Crippen LogP contribution in [0, 0.1) is 0 Å². The van der Waals surface area contributed by atoms with Crippen molar-refractivity contribution in [2.45, 2.75) is 341 Å². The van der Waals surface area contributed by atoms with E-state index in [4.69, 9.17) is 14.2 Å². The van der Waals surface area contributed by atoms with Crippen molar-refractivity contribution in [3.63, 3.8) is 0 Å². The van der Waals surface area contributed by atoms with Gasteiger partial charge in [0.15, 0.2) is 6.10 Å². The van der Waals surface area contributed by atoms with E-state index in [1.54, 1.807) is 0 Å². The first-order valence-corrected chi connectivity index (χ1v) is 32.3. The van der Waals surface area contributed by atoms with E-state index in [1.807, 2.05) is 0 Å². The summed E-state index contributed by atoms with van der Waals surface area (Å²) in [4.78, 5) is 38.3. The summed E-state index contributed by atoms with van der Waals surface area (Å²) in [6, 6.07) is 0. The average Bonchev–Trinajstić information content (AvgIpc) is 3.40. The number of carbonyl (C=O) groups excluding carboxylic acids is 3. The van der Waals surface area contributed by atoms with Crippen LogP contribution >= 0.6 is 0 Å². The number of hydrogen-bond donors (Lipinski definition) is 0. The number of esters is 3. The second-order valence-electron chi connectivity index (χ2n) is 21.7. The van der Waals surface area contributed by atoms with Gasteiger partial charge in [0.05, 0.1) is 0 Å². The van der Waals surface area contributed by atoms with Crippen LogP contribution in [-0.4, -0.2) is 37.2 Å². The monoisotopic (exact) mass is 1030 g/mol. The SMILES string of the molecule is CCCCCCC/C=C\C/C=C\C/C=C\CCCCCCCCCCCCC(=O)OCC(COC(=O)CCCCCCC/C=C\CCCCCCCC)OC(=O)CCCCCCC/C=C\CCCCCCCCC. The summed E-state index contributed by atoms with van der Waals surface area (Å²) in [5.74, 6) is -0.885. The van der Waals surface area contributed by atoms with Crippen LogP contribution in [0.5, 0.6) is 0 Å². The third-order valence-electron chi connectivity index (χ3n) is 14.2. The van der Waals surface area contributed by atoms with Crippen LogP contribution in [0.25, 0.3) is 0 Å². The van der Waals surface area contributed by atoms with Crippen LogP contribution in [0.3, 0.4) is 0 Å². The Morgan fingerprint density at radius 1 is 0.270 bits per heavy atom. The molecule has 0 spiro atoms. The van der Waals surface area contributed by atoms with Gasteiger partial charge in [0, 0.05) is 19.3 Å². The van der Waals surface area contributed by atoms with E-state index in [2.05, 4.69) is 81.5 Å². The molecular weight excluding hydrogens is 913 g/mol. The van der Waals surface area contributed by atoms with E-state index in [1.165, 1.54) is 205 Å². The Bertz CT molecular complexity index is 1330. The molecule has 0 bridgehead atoms. The zero-order valence-corrected chi connectivity index (χ0v) is 49.4. The van der Waals surface area contributed by atoms with Crippen molar-refractivity contribution in [2.24, 2.45) is 0 Å². The lowest BCUT2D eigenvalue weighted by Crippen LogP contribution is -2.30. The highest BCUT2D eigenvalue weighted by Gasteiger charge is 2.19. The van der Waals surface area contributed by atoms with Crippen molar-refractivity contribution in [3.8, 4) is 0 Å². The zero-order chi connectivity index (χ0) is 53.6. The van der Waals surface area contributed by atoms with E-state index < -0.39 is 6.10 Å². The van der Waals surface area contributed by atoms with Gasteiger partial charge in [-0.2, -0.15) is 0 Å². The molecule has 430 valence electrons. The van der Waals surface area contributed by atoms with Crippen LogP contribution in [0.15, 0.2) is 60.8 Å². The highest BCUT2D eigenvalue weighted by molar-refractivity contribution is 5.71. The van der Waals surface area contributed by atoms with Crippen molar-refractivity contribution in [1.29, 1.82) is 0 Å². The Labute approximate surface area is 460 Å². The van der Waals surface area contributed by atoms with Gasteiger partial charge in [-0.25, -0.2) is 0 Å². The molecule has 0 saturated heterocycles. The first-order chi connectivity index (χ1) is 36.5. The standard InChI is InChI=1S/C68H122O6/c1-4-7-10-13-16-19-22-25-28-30-31-32-33-34-35-36-37-38-41-43-46-49-52-55-58-61-67(70)73-64-65(63-72-66(69)60-57-54-51-48-45-42-39-27-24-21-18-15-12-9-6-3)74-68(71)62-59-56-53-50-47-44-40-29-26-23-20-17-14-11-8-5-2/h22,25,27,29-31,33-34,39-40,65H,4-21,23-24,26,28,32,35-38,41-64H2,1-3H3/b25-22-,31-30-,34-33-,39-27-,40-29-. The third kappa shape index (κ3) is 60.0. The van der Waals surface area contributed by atoms with Gasteiger partial charge in [-0.05, 0) is 109 Å². The van der Waals surface area contributed by atoms with Gasteiger partial charge >= 0.3 is 17.9 Å². The maximum atomic E-state index is 12.9. The second kappa shape index (κ2) is 62.6. The molecule has 1 unspecified atom stereocenters. The van der Waals surface area contributed by atoms with Gasteiger partial charge in [0.25, 0.3) is 0 Å². The Morgan fingerprint density at radius 2 is 0.486 bits per heavy atom. The molecule has 1 atom stereocenters. The van der Waals surface area contributed by atoms with E-state index in [-0.39, 0.29) is 31.1 Å². The molecule has 0 radical (unpaired) electrons. The molecule has 74 heavy (non-hydrogen) atoms. The third-order valence-corrected chi connectivity index (χ3v) is 14.2. The molecule has 0 saturated carbocycles. The van der Waals surface area contributed by atoms with Crippen molar-refractivity contribution in [1.82, 2.24) is 0 Å². The predicted octanol–water partition coefficient (Wildman–Crippen LogP) is 21.9. The smallest absolute Gasteiger partial charge is 0.306 e. The Balaban J connectivity index is 4.32. The quantitative estimate of drug-likeness (QED) is 0.0261. The second-order valence-corrected chi connectivity index (χ2v) is 21.7. The summed E-state index contributed by atoms with van der Waals surface area (Å²) < 4.78 is 16.9. The summed E-state index contributed by atoms with van der Waals surface area (Å²) in [5, 5.41) is 0. The molecule has 0 aliphatic rings. The number of carbonyl (C=O) groups is 3. The number of rotatable bonds is 59. The lowest BCUT2D eigenvalue weighted by Gasteiger charge is -2.18. The van der Waals surface area contributed by atoms with Crippen LogP contribution in [-0.2, 0) is 28.6 Å². The topological polar surface area (TPSA) is 78.9 Å². The highest BCUT2D eigenvalue weighted by Crippen LogP contribution is 2.16. The normalized spacial score (nSPS) is 12.4. The summed E-state index contributed by atoms with van der Waals surface area (Å²) in [6.07, 6.45) is 79.4. The van der Waals surface area contributed by atoms with Crippen molar-refractivity contribution in [3.05, 3.63) is 60.8 Å². The van der Waals surface area contributed by atoms with E-state index >= 15 is 0 Å². The fourth-order valence-corrected chi connectivity index (χ4v) is 9.32. The van der Waals surface area contributed by atoms with Crippen LogP contribution in [0.1, 0.15) is 335 Å². The van der Waals surface area contributed by atoms with Crippen molar-refractivity contribution < 1.29 is 28.6 Å². The zero-order valence-electron chi connectivity index (χ0n) is 49.4. The lowest BCUT2D eigenvalue weighted by atomic mass is 10.1. The molecule has 6 nitrogen and oxygen atoms in total. The Morgan fingerprint density at radius 3 is 0.770 bits per heavy atom. The van der Waals surface area contributed by atoms with E-state index in [0.717, 1.165) is 89.9 Å². The number of hydrogen-bond acceptors (Lipinski definition) is 6. The summed E-state index contributed by atoms with van der Waals surface area (Å²) in [7, 11) is 0. The molecule has 0 rings (SSSR count). The molecular formula is C68H122O6. The average molecular weight is 1040 g/mol. The molecule has 0 fully saturated rings. The number of allylic oxidation sites excluding steroid dienone is 10. The van der Waals surface area contributed by atoms with Gasteiger partial charge < -0.3 is 14.2 Å². The minimum atomic E-state index is -0.784. The predicted molar refractivity (Wildman–Crippen MR) is 321 cm³/mol. The van der Waals surface area contributed by atoms with Gasteiger partial charge in [0.2, 0.25) is 0 Å². The highest BCUT2D eigenvalue weighted by atomic mass is 16.6. The van der Waals surface area contributed by atoms with Crippen LogP contribution < -0.4 is 0 Å². The molecule has 0 aromatic carbocycles. The molecule has 0 aliphatic heterocycles. The van der Waals surface area contributed by atoms with Gasteiger partial charge in [0.1, 0.15) is 13.2 Å². The van der Waals surface area contributed by atoms with Crippen molar-refractivity contribution >= 4 is 17.9 Å². The lowest BCUT2D eigenvalue weighted by molar-refractivity contribution is -0.167. The molecule has 0 amide bonds. The van der Waals surface area contributed by atoms with Gasteiger partial charge in [-0.3, -0.25) is 14.4 Å². The maximum absolute atomic E-state index is 12.9. The molecule has 0 aromatic rings. The fourth-order valence-electron chi connectivity index (χ4n) is 9.32. The van der Waals surface area contributed by atoms with E-state index in [0.29, 0.717) is 19.3 Å². The van der Waals surface area contributed by atoms with Crippen LogP contribution in [0.2, 0.25) is 0 Å². The first kappa shape index (κ1) is 71.1. The fraction of sp³-hybridized carbons (Fsp3) is 0.809. The summed E-state index contributed by atoms with van der Waals surface area (Å²) in [6.45, 7) is 6.64. The van der Waals surface area contributed by atoms with Crippen molar-refractivity contribution in [2.75, 3.05) is 13.2 Å². The first-order valence-electron chi connectivity index (χ1n) is 32.3. The molecule has 0 aromatic heterocycles. The summed E-state index contributed by atoms with van der Waals surface area (Å²) in [5.41, 5.74) is 0. The minimum absolute atomic E-state index is 0.0805. The van der Waals surface area contributed by atoms with Gasteiger partial charge in [-0.15, -0.1) is 0 Å². The van der Waals surface area contributed by atoms with E-state index in [9.17, 15) is 14.4 Å². The minimum Gasteiger partial charge on any atom is -0.462 e. The maximum Gasteiger partial charge on any atom is 0.306 e. The molecule has 6 heteroatoms. The number of ether oxygens (including phenoxy) is 3.